The normalized spacial score (nSPS) is 17.5. The van der Waals surface area contributed by atoms with Gasteiger partial charge in [-0.05, 0) is 55.8 Å². The molecule has 0 spiro atoms. The number of carboxylic acid groups (broad SMARTS) is 2. The van der Waals surface area contributed by atoms with Crippen molar-refractivity contribution < 1.29 is 24.5 Å². The van der Waals surface area contributed by atoms with Gasteiger partial charge in [0.1, 0.15) is 5.75 Å². The predicted molar refractivity (Wildman–Crippen MR) is 134 cm³/mol. The third-order valence-electron chi connectivity index (χ3n) is 6.32. The zero-order valence-electron chi connectivity index (χ0n) is 19.4. The lowest BCUT2D eigenvalue weighted by atomic mass is 10.0. The van der Waals surface area contributed by atoms with E-state index in [2.05, 4.69) is 73.1 Å². The zero-order chi connectivity index (χ0) is 24.5. The first kappa shape index (κ1) is 26.0. The number of carboxylic acids is 2. The number of rotatable bonds is 5. The highest BCUT2D eigenvalue weighted by Gasteiger charge is 2.28. The van der Waals surface area contributed by atoms with Gasteiger partial charge in [-0.25, -0.2) is 9.59 Å². The van der Waals surface area contributed by atoms with Crippen molar-refractivity contribution in [1.82, 2.24) is 9.80 Å². The van der Waals surface area contributed by atoms with Gasteiger partial charge in [0.2, 0.25) is 0 Å². The predicted octanol–water partition coefficient (Wildman–Crippen LogP) is 3.40. The summed E-state index contributed by atoms with van der Waals surface area (Å²) in [6, 6.07) is 17.9. The third-order valence-corrected chi connectivity index (χ3v) is 6.84. The quantitative estimate of drug-likeness (QED) is 0.564. The first-order valence-corrected chi connectivity index (χ1v) is 12.2. The Labute approximate surface area is 208 Å². The largest absolute Gasteiger partial charge is 0.495 e. The van der Waals surface area contributed by atoms with Crippen molar-refractivity contribution in [2.45, 2.75) is 25.4 Å². The molecule has 2 fully saturated rings. The van der Waals surface area contributed by atoms with Gasteiger partial charge in [-0.3, -0.25) is 9.80 Å². The van der Waals surface area contributed by atoms with Crippen LogP contribution in [0.2, 0.25) is 0 Å². The van der Waals surface area contributed by atoms with Crippen molar-refractivity contribution in [1.29, 1.82) is 0 Å². The number of halogens is 1. The fourth-order valence-electron chi connectivity index (χ4n) is 4.51. The first-order chi connectivity index (χ1) is 16.4. The summed E-state index contributed by atoms with van der Waals surface area (Å²) in [6.07, 6.45) is 2.57. The Kier molecular flexibility index (Phi) is 9.74. The number of aliphatic carboxylic acids is 2. The van der Waals surface area contributed by atoms with Crippen LogP contribution in [-0.4, -0.2) is 84.4 Å². The van der Waals surface area contributed by atoms with E-state index in [1.54, 1.807) is 7.11 Å². The molecule has 8 nitrogen and oxygen atoms in total. The zero-order valence-corrected chi connectivity index (χ0v) is 21.0. The summed E-state index contributed by atoms with van der Waals surface area (Å²) in [7, 11) is 1.76. The summed E-state index contributed by atoms with van der Waals surface area (Å²) in [5.74, 6) is -2.66. The number of piperidine rings is 1. The van der Waals surface area contributed by atoms with E-state index in [0.29, 0.717) is 0 Å². The minimum Gasteiger partial charge on any atom is -0.495 e. The number of likely N-dealkylation sites (tertiary alicyclic amines) is 1. The van der Waals surface area contributed by atoms with Gasteiger partial charge in [0.15, 0.2) is 0 Å². The van der Waals surface area contributed by atoms with Crippen LogP contribution in [0.4, 0.5) is 5.69 Å². The number of hydrogen-bond donors (Lipinski definition) is 2. The average molecular weight is 534 g/mol. The van der Waals surface area contributed by atoms with Gasteiger partial charge in [-0.1, -0.05) is 40.2 Å². The van der Waals surface area contributed by atoms with Crippen LogP contribution in [0, 0.1) is 0 Å². The Hall–Kier alpha value is -2.62. The van der Waals surface area contributed by atoms with Crippen LogP contribution in [0.1, 0.15) is 18.4 Å². The summed E-state index contributed by atoms with van der Waals surface area (Å²) in [5, 5.41) is 14.8. The second kappa shape index (κ2) is 12.7. The molecule has 2 aliphatic heterocycles. The highest BCUT2D eigenvalue weighted by atomic mass is 79.9. The fraction of sp³-hybridized carbons (Fsp3) is 0.440. The molecule has 0 aromatic heterocycles. The van der Waals surface area contributed by atoms with E-state index in [0.717, 1.165) is 49.0 Å². The second-order valence-electron chi connectivity index (χ2n) is 8.44. The van der Waals surface area contributed by atoms with Gasteiger partial charge < -0.3 is 19.8 Å². The lowest BCUT2D eigenvalue weighted by molar-refractivity contribution is -0.159. The molecule has 0 atom stereocenters. The number of para-hydroxylation sites is 2. The Morgan fingerprint density at radius 1 is 0.912 bits per heavy atom. The van der Waals surface area contributed by atoms with E-state index < -0.39 is 11.9 Å². The van der Waals surface area contributed by atoms with Crippen LogP contribution in [0.15, 0.2) is 53.0 Å². The molecular weight excluding hydrogens is 502 g/mol. The number of hydrogen-bond acceptors (Lipinski definition) is 6. The maximum absolute atomic E-state index is 9.10. The summed E-state index contributed by atoms with van der Waals surface area (Å²) < 4.78 is 6.70. The molecule has 0 unspecified atom stereocenters. The highest BCUT2D eigenvalue weighted by Crippen LogP contribution is 2.29. The number of benzene rings is 2. The minimum atomic E-state index is -1.82. The van der Waals surface area contributed by atoms with Crippen molar-refractivity contribution in [3.8, 4) is 5.75 Å². The molecule has 2 aliphatic rings. The minimum absolute atomic E-state index is 0.737. The van der Waals surface area contributed by atoms with E-state index >= 15 is 0 Å². The standard InChI is InChI=1S/C23H30BrN3O.C2H2O4/c1-28-23-5-3-2-4-22(23)27-16-14-26(15-17-27)21-10-12-25(13-11-21)18-19-6-8-20(24)9-7-19;3-1(4)2(5)6/h2-9,21H,10-18H2,1H3;(H,3,4)(H,5,6). The van der Waals surface area contributed by atoms with Crippen LogP contribution in [0.25, 0.3) is 0 Å². The van der Waals surface area contributed by atoms with Gasteiger partial charge in [0.25, 0.3) is 0 Å². The molecule has 0 radical (unpaired) electrons. The average Bonchev–Trinajstić information content (AvgIpc) is 2.86. The summed E-state index contributed by atoms with van der Waals surface area (Å²) in [4.78, 5) is 26.0. The van der Waals surface area contributed by atoms with Gasteiger partial charge in [-0.2, -0.15) is 0 Å². The van der Waals surface area contributed by atoms with Gasteiger partial charge in [0, 0.05) is 43.2 Å². The topological polar surface area (TPSA) is 93.5 Å². The van der Waals surface area contributed by atoms with Gasteiger partial charge >= 0.3 is 11.9 Å². The number of ether oxygens (including phenoxy) is 1. The van der Waals surface area contributed by atoms with Crippen LogP contribution in [0.5, 0.6) is 5.75 Å². The Morgan fingerprint density at radius 2 is 1.50 bits per heavy atom. The van der Waals surface area contributed by atoms with Crippen LogP contribution < -0.4 is 9.64 Å². The summed E-state index contributed by atoms with van der Waals surface area (Å²) in [5.41, 5.74) is 2.64. The van der Waals surface area contributed by atoms with E-state index in [9.17, 15) is 0 Å². The van der Waals surface area contributed by atoms with Crippen molar-refractivity contribution in [2.75, 3.05) is 51.3 Å². The molecule has 2 aromatic rings. The number of carbonyl (C=O) groups is 2. The molecule has 2 saturated heterocycles. The molecule has 0 aliphatic carbocycles. The number of piperazine rings is 1. The highest BCUT2D eigenvalue weighted by molar-refractivity contribution is 9.10. The van der Waals surface area contributed by atoms with Crippen LogP contribution in [-0.2, 0) is 16.1 Å². The molecule has 4 rings (SSSR count). The number of nitrogens with zero attached hydrogens (tertiary/aromatic N) is 3. The molecule has 184 valence electrons. The summed E-state index contributed by atoms with van der Waals surface area (Å²) >= 11 is 3.52. The lowest BCUT2D eigenvalue weighted by Crippen LogP contribution is -2.53. The van der Waals surface area contributed by atoms with E-state index in [4.69, 9.17) is 24.5 Å². The van der Waals surface area contributed by atoms with Gasteiger partial charge in [0.05, 0.1) is 12.8 Å². The fourth-order valence-corrected chi connectivity index (χ4v) is 4.77. The first-order valence-electron chi connectivity index (χ1n) is 11.4. The van der Waals surface area contributed by atoms with E-state index in [1.165, 1.54) is 37.2 Å². The monoisotopic (exact) mass is 533 g/mol. The second-order valence-corrected chi connectivity index (χ2v) is 9.35. The summed E-state index contributed by atoms with van der Waals surface area (Å²) in [6.45, 7) is 7.94. The van der Waals surface area contributed by atoms with Crippen LogP contribution >= 0.6 is 15.9 Å². The van der Waals surface area contributed by atoms with Crippen molar-refractivity contribution in [3.05, 3.63) is 58.6 Å². The molecular formula is C25H32BrN3O5. The molecule has 9 heteroatoms. The van der Waals surface area contributed by atoms with Crippen molar-refractivity contribution in [3.63, 3.8) is 0 Å². The maximum Gasteiger partial charge on any atom is 0.414 e. The molecule has 2 N–H and O–H groups in total. The molecule has 0 saturated carbocycles. The SMILES string of the molecule is COc1ccccc1N1CCN(C2CCN(Cc3ccc(Br)cc3)CC2)CC1.O=C(O)C(=O)O. The van der Waals surface area contributed by atoms with Crippen LogP contribution in [0.3, 0.4) is 0 Å². The lowest BCUT2D eigenvalue weighted by Gasteiger charge is -2.43. The molecule has 2 aromatic carbocycles. The van der Waals surface area contributed by atoms with Gasteiger partial charge in [-0.15, -0.1) is 0 Å². The van der Waals surface area contributed by atoms with E-state index in [1.807, 2.05) is 6.07 Å². The smallest absolute Gasteiger partial charge is 0.414 e. The molecule has 2 heterocycles. The Bertz CT molecular complexity index is 928. The maximum atomic E-state index is 9.10. The Morgan fingerprint density at radius 3 is 2.06 bits per heavy atom. The van der Waals surface area contributed by atoms with E-state index in [-0.39, 0.29) is 0 Å². The van der Waals surface area contributed by atoms with Crippen molar-refractivity contribution in [2.24, 2.45) is 0 Å². The molecule has 0 bridgehead atoms. The molecule has 0 amide bonds. The molecule has 34 heavy (non-hydrogen) atoms. The third kappa shape index (κ3) is 7.44. The van der Waals surface area contributed by atoms with Crippen molar-refractivity contribution >= 4 is 33.6 Å². The Balaban J connectivity index is 0.000000481. The number of anilines is 1. The number of methoxy groups -OCH3 is 1.